The van der Waals surface area contributed by atoms with Gasteiger partial charge in [-0.15, -0.1) is 0 Å². The van der Waals surface area contributed by atoms with Gasteiger partial charge < -0.3 is 10.1 Å². The van der Waals surface area contributed by atoms with Gasteiger partial charge in [0.2, 0.25) is 0 Å². The number of carbonyl (C=O) groups excluding carboxylic acids is 1. The summed E-state index contributed by atoms with van der Waals surface area (Å²) in [4.78, 5) is 18.1. The highest BCUT2D eigenvalue weighted by molar-refractivity contribution is 7.90. The Bertz CT molecular complexity index is 1500. The lowest BCUT2D eigenvalue weighted by molar-refractivity contribution is 0.0900. The zero-order valence-electron chi connectivity index (χ0n) is 24.0. The summed E-state index contributed by atoms with van der Waals surface area (Å²) in [6.45, 7) is 5.24. The number of carbonyl (C=O) groups is 1. The number of sulfone groups is 1. The van der Waals surface area contributed by atoms with E-state index in [0.29, 0.717) is 16.0 Å². The molecule has 5 rings (SSSR count). The van der Waals surface area contributed by atoms with Gasteiger partial charge in [0.05, 0.1) is 16.5 Å². The Labute approximate surface area is 248 Å². The summed E-state index contributed by atoms with van der Waals surface area (Å²) in [6, 6.07) is 24.6. The second kappa shape index (κ2) is 13.5. The average Bonchev–Trinajstić information content (AvgIpc) is 2.99. The van der Waals surface area contributed by atoms with E-state index in [1.54, 1.807) is 12.1 Å². The molecule has 1 amide bonds. The lowest BCUT2D eigenvalue weighted by atomic mass is 10.0. The van der Waals surface area contributed by atoms with Crippen LogP contribution in [0, 0.1) is 11.3 Å². The van der Waals surface area contributed by atoms with Crippen LogP contribution in [-0.4, -0.2) is 68.7 Å². The minimum atomic E-state index is -3.18. The normalized spacial score (nSPS) is 17.4. The van der Waals surface area contributed by atoms with Gasteiger partial charge in [0.25, 0.3) is 5.91 Å². The molecular weight excluding hydrogens is 548 g/mol. The van der Waals surface area contributed by atoms with E-state index >= 15 is 0 Å². The molecule has 1 N–H and O–H groups in total. The average molecular weight is 587 g/mol. The number of amides is 1. The Hall–Kier alpha value is -3.71. The van der Waals surface area contributed by atoms with Crippen LogP contribution in [0.3, 0.4) is 0 Å². The molecule has 0 aromatic heterocycles. The number of ether oxygens (including phenoxy) is 1. The number of nitriles is 1. The van der Waals surface area contributed by atoms with Crippen molar-refractivity contribution >= 4 is 15.7 Å². The van der Waals surface area contributed by atoms with E-state index in [9.17, 15) is 13.2 Å². The Morgan fingerprint density at radius 2 is 1.45 bits per heavy atom. The number of benzene rings is 3. The van der Waals surface area contributed by atoms with Crippen LogP contribution >= 0.6 is 0 Å². The van der Waals surface area contributed by atoms with Gasteiger partial charge in [-0.25, -0.2) is 8.42 Å². The summed E-state index contributed by atoms with van der Waals surface area (Å²) >= 11 is 0. The van der Waals surface area contributed by atoms with Gasteiger partial charge >= 0.3 is 0 Å². The van der Waals surface area contributed by atoms with Gasteiger partial charge in [-0.3, -0.25) is 14.6 Å². The second-order valence-electron chi connectivity index (χ2n) is 11.4. The Morgan fingerprint density at radius 1 is 0.881 bits per heavy atom. The Morgan fingerprint density at radius 3 is 2.02 bits per heavy atom. The molecule has 220 valence electrons. The highest BCUT2D eigenvalue weighted by atomic mass is 32.2. The van der Waals surface area contributed by atoms with Gasteiger partial charge in [-0.05, 0) is 79.3 Å². The summed E-state index contributed by atoms with van der Waals surface area (Å²) in [7, 11) is -3.18. The zero-order chi connectivity index (χ0) is 29.5. The van der Waals surface area contributed by atoms with Crippen LogP contribution in [0.4, 0.5) is 0 Å². The summed E-state index contributed by atoms with van der Waals surface area (Å²) in [5.41, 5.74) is 3.58. The first-order chi connectivity index (χ1) is 20.2. The predicted octanol–water partition coefficient (Wildman–Crippen LogP) is 4.40. The van der Waals surface area contributed by atoms with E-state index in [-0.39, 0.29) is 18.1 Å². The van der Waals surface area contributed by atoms with Gasteiger partial charge in [0, 0.05) is 57.1 Å². The highest BCUT2D eigenvalue weighted by Crippen LogP contribution is 2.22. The molecule has 0 saturated carbocycles. The molecule has 3 aromatic carbocycles. The molecule has 0 spiro atoms. The molecule has 42 heavy (non-hydrogen) atoms. The van der Waals surface area contributed by atoms with Crippen LogP contribution in [-0.2, 0) is 22.9 Å². The number of nitrogens with zero attached hydrogens (tertiary/aromatic N) is 3. The van der Waals surface area contributed by atoms with Crippen LogP contribution in [0.15, 0.2) is 77.7 Å². The minimum absolute atomic E-state index is 0.0669. The van der Waals surface area contributed by atoms with Crippen molar-refractivity contribution < 1.29 is 17.9 Å². The molecule has 2 heterocycles. The van der Waals surface area contributed by atoms with Crippen molar-refractivity contribution in [3.8, 4) is 11.8 Å². The van der Waals surface area contributed by atoms with E-state index in [4.69, 9.17) is 10.00 Å². The molecule has 0 unspecified atom stereocenters. The number of hydrogen-bond acceptors (Lipinski definition) is 7. The van der Waals surface area contributed by atoms with Crippen molar-refractivity contribution in [1.82, 2.24) is 15.1 Å². The van der Waals surface area contributed by atoms with Gasteiger partial charge in [0.1, 0.15) is 11.9 Å². The number of piperidine rings is 2. The third-order valence-corrected chi connectivity index (χ3v) is 9.23. The fourth-order valence-electron chi connectivity index (χ4n) is 5.64. The predicted molar refractivity (Wildman–Crippen MR) is 162 cm³/mol. The van der Waals surface area contributed by atoms with Crippen LogP contribution in [0.25, 0.3) is 0 Å². The number of rotatable bonds is 9. The smallest absolute Gasteiger partial charge is 0.251 e. The molecule has 8 nitrogen and oxygen atoms in total. The number of nitrogens with one attached hydrogen (secondary N) is 1. The van der Waals surface area contributed by atoms with Crippen molar-refractivity contribution in [2.24, 2.45) is 0 Å². The third-order valence-electron chi connectivity index (χ3n) is 8.10. The third kappa shape index (κ3) is 8.19. The van der Waals surface area contributed by atoms with Crippen LogP contribution in [0.1, 0.15) is 52.7 Å². The van der Waals surface area contributed by atoms with E-state index < -0.39 is 9.84 Å². The fourth-order valence-corrected chi connectivity index (χ4v) is 6.27. The maximum atomic E-state index is 13.0. The van der Waals surface area contributed by atoms with Gasteiger partial charge in [0.15, 0.2) is 9.84 Å². The SMILES string of the molecule is CS(=O)(=O)c1ccc(CN2CCC(Oc3cccc(C(=O)NC4CCN(Cc5ccc(C#N)cc5)CC4)c3)CC2)cc1. The topological polar surface area (TPSA) is 103 Å². The fraction of sp³-hybridized carbons (Fsp3) is 0.394. The molecule has 2 fully saturated rings. The largest absolute Gasteiger partial charge is 0.490 e. The molecule has 2 aliphatic heterocycles. The van der Waals surface area contributed by atoms with Crippen LogP contribution in [0.5, 0.6) is 5.75 Å². The summed E-state index contributed by atoms with van der Waals surface area (Å²) in [5.74, 6) is 0.650. The second-order valence-corrected chi connectivity index (χ2v) is 13.4. The molecule has 3 aromatic rings. The van der Waals surface area contributed by atoms with Crippen molar-refractivity contribution in [1.29, 1.82) is 5.26 Å². The molecule has 2 aliphatic rings. The molecule has 0 radical (unpaired) electrons. The molecule has 0 atom stereocenters. The van der Waals surface area contributed by atoms with Crippen molar-refractivity contribution in [3.05, 3.63) is 95.1 Å². The Balaban J connectivity index is 1.05. The van der Waals surface area contributed by atoms with E-state index in [2.05, 4.69) is 21.2 Å². The maximum Gasteiger partial charge on any atom is 0.251 e. The molecular formula is C33H38N4O4S. The first-order valence-electron chi connectivity index (χ1n) is 14.6. The first-order valence-corrected chi connectivity index (χ1v) is 16.4. The summed E-state index contributed by atoms with van der Waals surface area (Å²) in [6.07, 6.45) is 4.89. The van der Waals surface area contributed by atoms with E-state index in [1.165, 1.54) is 11.8 Å². The van der Waals surface area contributed by atoms with Crippen LogP contribution < -0.4 is 10.1 Å². The van der Waals surface area contributed by atoms with Gasteiger partial charge in [-0.2, -0.15) is 5.26 Å². The quantitative estimate of drug-likeness (QED) is 0.397. The zero-order valence-corrected chi connectivity index (χ0v) is 24.9. The molecule has 0 bridgehead atoms. The van der Waals surface area contributed by atoms with Gasteiger partial charge in [-0.1, -0.05) is 30.3 Å². The van der Waals surface area contributed by atoms with Crippen molar-refractivity contribution in [2.45, 2.75) is 55.8 Å². The summed E-state index contributed by atoms with van der Waals surface area (Å²) in [5, 5.41) is 12.2. The molecule has 9 heteroatoms. The monoisotopic (exact) mass is 586 g/mol. The minimum Gasteiger partial charge on any atom is -0.490 e. The standard InChI is InChI=1S/C33H38N4O4S/c1-42(39,40)32-11-9-27(10-12-32)24-37-19-15-30(16-20-37)41-31-4-2-3-28(21-31)33(38)35-29-13-17-36(18-14-29)23-26-7-5-25(22-34)6-8-26/h2-12,21,29-30H,13-20,23-24H2,1H3,(H,35,38). The highest BCUT2D eigenvalue weighted by Gasteiger charge is 2.23. The maximum absolute atomic E-state index is 13.0. The lowest BCUT2D eigenvalue weighted by Crippen LogP contribution is -2.44. The first kappa shape index (κ1) is 29.8. The molecule has 2 saturated heterocycles. The number of likely N-dealkylation sites (tertiary alicyclic amines) is 2. The lowest BCUT2D eigenvalue weighted by Gasteiger charge is -2.32. The van der Waals surface area contributed by atoms with Crippen molar-refractivity contribution in [3.63, 3.8) is 0 Å². The Kier molecular flexibility index (Phi) is 9.58. The molecule has 0 aliphatic carbocycles. The van der Waals surface area contributed by atoms with Crippen molar-refractivity contribution in [2.75, 3.05) is 32.4 Å². The van der Waals surface area contributed by atoms with E-state index in [1.807, 2.05) is 60.7 Å². The number of hydrogen-bond donors (Lipinski definition) is 1. The van der Waals surface area contributed by atoms with Crippen LogP contribution in [0.2, 0.25) is 0 Å². The summed E-state index contributed by atoms with van der Waals surface area (Å²) < 4.78 is 29.7. The van der Waals surface area contributed by atoms with E-state index in [0.717, 1.165) is 76.3 Å².